The smallest absolute Gasteiger partial charge is 0.282 e. The van der Waals surface area contributed by atoms with E-state index in [1.807, 2.05) is 0 Å². The lowest BCUT2D eigenvalue weighted by molar-refractivity contribution is 0.416. The lowest BCUT2D eigenvalue weighted by Gasteiger charge is -2.14. The molecule has 1 aromatic heterocycles. The number of hydrogen-bond acceptors (Lipinski definition) is 5. The molecule has 7 nitrogen and oxygen atoms in total. The largest absolute Gasteiger partial charge is 0.495 e. The SMILES string of the molecule is COc1cc(Br)cc(C)c1NS(=O)(=O)c1c(Br)nnn1C. The van der Waals surface area contributed by atoms with Crippen LogP contribution in [-0.2, 0) is 17.1 Å². The number of rotatable bonds is 4. The van der Waals surface area contributed by atoms with E-state index in [1.54, 1.807) is 19.1 Å². The highest BCUT2D eigenvalue weighted by Gasteiger charge is 2.26. The fourth-order valence-corrected chi connectivity index (χ4v) is 4.59. The van der Waals surface area contributed by atoms with Crippen LogP contribution in [0.1, 0.15) is 5.56 Å². The van der Waals surface area contributed by atoms with Gasteiger partial charge in [-0.15, -0.1) is 5.10 Å². The maximum atomic E-state index is 12.5. The van der Waals surface area contributed by atoms with E-state index in [0.29, 0.717) is 11.4 Å². The Labute approximate surface area is 139 Å². The second kappa shape index (κ2) is 5.93. The lowest BCUT2D eigenvalue weighted by Crippen LogP contribution is -2.18. The van der Waals surface area contributed by atoms with Gasteiger partial charge in [-0.1, -0.05) is 21.1 Å². The first-order chi connectivity index (χ1) is 9.76. The first-order valence-corrected chi connectivity index (χ1v) is 8.75. The van der Waals surface area contributed by atoms with Gasteiger partial charge in [-0.3, -0.25) is 4.72 Å². The fraction of sp³-hybridized carbons (Fsp3) is 0.273. The summed E-state index contributed by atoms with van der Waals surface area (Å²) in [4.78, 5) is 0. The van der Waals surface area contributed by atoms with E-state index in [4.69, 9.17) is 4.74 Å². The predicted octanol–water partition coefficient (Wildman–Crippen LogP) is 2.46. The standard InChI is InChI=1S/C11H12Br2N4O3S/c1-6-4-7(12)5-8(20-3)9(6)15-21(18,19)11-10(13)14-16-17(11)2/h4-5,15H,1-3H3. The molecule has 0 bridgehead atoms. The van der Waals surface area contributed by atoms with Crippen molar-refractivity contribution in [3.8, 4) is 5.75 Å². The molecule has 0 aliphatic rings. The molecule has 0 spiro atoms. The number of aromatic nitrogens is 3. The van der Waals surface area contributed by atoms with Gasteiger partial charge in [-0.2, -0.15) is 8.42 Å². The first-order valence-electron chi connectivity index (χ1n) is 5.68. The van der Waals surface area contributed by atoms with Gasteiger partial charge in [-0.25, -0.2) is 4.68 Å². The van der Waals surface area contributed by atoms with Crippen LogP contribution < -0.4 is 9.46 Å². The number of anilines is 1. The maximum absolute atomic E-state index is 12.5. The molecule has 0 saturated heterocycles. The Bertz CT molecular complexity index is 770. The van der Waals surface area contributed by atoms with Crippen LogP contribution in [0.4, 0.5) is 5.69 Å². The number of nitrogens with zero attached hydrogens (tertiary/aromatic N) is 3. The lowest BCUT2D eigenvalue weighted by atomic mass is 10.2. The summed E-state index contributed by atoms with van der Waals surface area (Å²) in [6.45, 7) is 1.78. The maximum Gasteiger partial charge on any atom is 0.282 e. The van der Waals surface area contributed by atoms with Crippen LogP contribution >= 0.6 is 31.9 Å². The number of halogens is 2. The summed E-state index contributed by atoms with van der Waals surface area (Å²) in [5.74, 6) is 0.414. The number of sulfonamides is 1. The molecule has 0 radical (unpaired) electrons. The van der Waals surface area contributed by atoms with Crippen LogP contribution in [0.15, 0.2) is 26.2 Å². The Morgan fingerprint density at radius 1 is 1.33 bits per heavy atom. The summed E-state index contributed by atoms with van der Waals surface area (Å²) >= 11 is 6.42. The highest BCUT2D eigenvalue weighted by molar-refractivity contribution is 9.10. The molecular weight excluding hydrogens is 428 g/mol. The van der Waals surface area contributed by atoms with Crippen molar-refractivity contribution in [1.82, 2.24) is 15.0 Å². The van der Waals surface area contributed by atoms with Gasteiger partial charge in [0.25, 0.3) is 10.0 Å². The molecule has 0 fully saturated rings. The van der Waals surface area contributed by atoms with Crippen molar-refractivity contribution in [1.29, 1.82) is 0 Å². The molecule has 0 aliphatic carbocycles. The minimum absolute atomic E-state index is 0.0631. The number of methoxy groups -OCH3 is 1. The van der Waals surface area contributed by atoms with E-state index in [1.165, 1.54) is 18.8 Å². The summed E-state index contributed by atoms with van der Waals surface area (Å²) in [7, 11) is -0.883. The molecule has 2 rings (SSSR count). The average Bonchev–Trinajstić information content (AvgIpc) is 2.72. The van der Waals surface area contributed by atoms with Gasteiger partial charge in [0.05, 0.1) is 12.8 Å². The molecule has 0 aliphatic heterocycles. The zero-order valence-corrected chi connectivity index (χ0v) is 15.4. The van der Waals surface area contributed by atoms with E-state index in [9.17, 15) is 8.42 Å². The minimum Gasteiger partial charge on any atom is -0.495 e. The average molecular weight is 440 g/mol. The van der Waals surface area contributed by atoms with Crippen LogP contribution in [0.2, 0.25) is 0 Å². The molecule has 114 valence electrons. The van der Waals surface area contributed by atoms with Gasteiger partial charge in [0.2, 0.25) is 5.03 Å². The number of ether oxygens (including phenoxy) is 1. The summed E-state index contributed by atoms with van der Waals surface area (Å²) < 4.78 is 34.9. The molecule has 10 heteroatoms. The minimum atomic E-state index is -3.85. The van der Waals surface area contributed by atoms with E-state index in [-0.39, 0.29) is 9.63 Å². The molecule has 0 atom stereocenters. The van der Waals surface area contributed by atoms with Crippen molar-refractivity contribution in [3.05, 3.63) is 26.8 Å². The Kier molecular flexibility index (Phi) is 4.59. The summed E-state index contributed by atoms with van der Waals surface area (Å²) in [5, 5.41) is 7.28. The van der Waals surface area contributed by atoms with E-state index < -0.39 is 10.0 Å². The normalized spacial score (nSPS) is 11.5. The van der Waals surface area contributed by atoms with Crippen LogP contribution in [0.3, 0.4) is 0 Å². The first kappa shape index (κ1) is 16.2. The van der Waals surface area contributed by atoms with Crippen LogP contribution in [0.25, 0.3) is 0 Å². The Hall–Kier alpha value is -1.13. The number of nitrogens with one attached hydrogen (secondary N) is 1. The molecule has 0 saturated carbocycles. The van der Waals surface area contributed by atoms with E-state index in [0.717, 1.165) is 10.0 Å². The molecule has 21 heavy (non-hydrogen) atoms. The van der Waals surface area contributed by atoms with Gasteiger partial charge in [0.15, 0.2) is 4.60 Å². The van der Waals surface area contributed by atoms with Gasteiger partial charge < -0.3 is 4.74 Å². The van der Waals surface area contributed by atoms with Crippen molar-refractivity contribution in [3.63, 3.8) is 0 Å². The summed E-state index contributed by atoms with van der Waals surface area (Å²) in [6, 6.07) is 3.47. The molecular formula is C11H12Br2N4O3S. The zero-order valence-electron chi connectivity index (χ0n) is 11.4. The van der Waals surface area contributed by atoms with Crippen molar-refractivity contribution in [2.45, 2.75) is 11.9 Å². The third kappa shape index (κ3) is 3.22. The van der Waals surface area contributed by atoms with Gasteiger partial charge in [0.1, 0.15) is 5.75 Å². The van der Waals surface area contributed by atoms with E-state index in [2.05, 4.69) is 46.9 Å². The van der Waals surface area contributed by atoms with Gasteiger partial charge in [-0.05, 0) is 40.5 Å². The Balaban J connectivity index is 2.52. The van der Waals surface area contributed by atoms with Gasteiger partial charge in [0, 0.05) is 11.5 Å². The monoisotopic (exact) mass is 438 g/mol. The molecule has 1 aromatic carbocycles. The topological polar surface area (TPSA) is 86.1 Å². The predicted molar refractivity (Wildman–Crippen MR) is 84.9 cm³/mol. The highest BCUT2D eigenvalue weighted by atomic mass is 79.9. The molecule has 2 aromatic rings. The Morgan fingerprint density at radius 2 is 2.00 bits per heavy atom. The van der Waals surface area contributed by atoms with Gasteiger partial charge >= 0.3 is 0 Å². The number of benzene rings is 1. The second-order valence-electron chi connectivity index (χ2n) is 4.21. The zero-order chi connectivity index (χ0) is 15.8. The second-order valence-corrected chi connectivity index (χ2v) is 7.48. The third-order valence-corrected chi connectivity index (χ3v) is 5.41. The quantitative estimate of drug-likeness (QED) is 0.790. The molecule has 0 amide bonds. The highest BCUT2D eigenvalue weighted by Crippen LogP contribution is 2.34. The Morgan fingerprint density at radius 3 is 2.52 bits per heavy atom. The molecule has 1 N–H and O–H groups in total. The number of aryl methyl sites for hydroxylation is 2. The summed E-state index contributed by atoms with van der Waals surface area (Å²) in [6.07, 6.45) is 0. The van der Waals surface area contributed by atoms with Crippen molar-refractivity contribution >= 4 is 47.6 Å². The van der Waals surface area contributed by atoms with Crippen LogP contribution in [0, 0.1) is 6.92 Å². The van der Waals surface area contributed by atoms with Crippen molar-refractivity contribution < 1.29 is 13.2 Å². The van der Waals surface area contributed by atoms with Crippen LogP contribution in [0.5, 0.6) is 5.75 Å². The fourth-order valence-electron chi connectivity index (χ4n) is 1.79. The summed E-state index contributed by atoms with van der Waals surface area (Å²) in [5.41, 5.74) is 1.09. The van der Waals surface area contributed by atoms with Crippen molar-refractivity contribution in [2.75, 3.05) is 11.8 Å². The van der Waals surface area contributed by atoms with Crippen LogP contribution in [-0.4, -0.2) is 30.5 Å². The van der Waals surface area contributed by atoms with E-state index >= 15 is 0 Å². The van der Waals surface area contributed by atoms with Crippen molar-refractivity contribution in [2.24, 2.45) is 7.05 Å². The molecule has 0 unspecified atom stereocenters. The third-order valence-electron chi connectivity index (χ3n) is 2.71. The molecule has 1 heterocycles. The number of hydrogen-bond donors (Lipinski definition) is 1.